The average Bonchev–Trinajstić information content (AvgIpc) is 2.70. The normalized spacial score (nSPS) is 10.3. The van der Waals surface area contributed by atoms with Crippen LogP contribution in [0.4, 0.5) is 4.39 Å². The lowest BCUT2D eigenvalue weighted by atomic mass is 10.1. The van der Waals surface area contributed by atoms with Crippen LogP contribution in [0, 0.1) is 5.82 Å². The molecule has 0 aromatic heterocycles. The summed E-state index contributed by atoms with van der Waals surface area (Å²) in [5.74, 6) is -1.14. The molecule has 142 valence electrons. The Morgan fingerprint density at radius 3 is 2.22 bits per heavy atom. The highest BCUT2D eigenvalue weighted by molar-refractivity contribution is 5.97. The Balaban J connectivity index is 1.99. The quantitative estimate of drug-likeness (QED) is 0.501. The van der Waals surface area contributed by atoms with Crippen molar-refractivity contribution in [3.63, 3.8) is 0 Å². The summed E-state index contributed by atoms with van der Waals surface area (Å²) >= 11 is 0. The van der Waals surface area contributed by atoms with Crippen LogP contribution < -0.4 is 0 Å². The number of ketones is 1. The Morgan fingerprint density at radius 1 is 0.926 bits per heavy atom. The van der Waals surface area contributed by atoms with Crippen LogP contribution in [0.25, 0.3) is 0 Å². The van der Waals surface area contributed by atoms with Gasteiger partial charge in [0.15, 0.2) is 5.78 Å². The minimum absolute atomic E-state index is 0.0378. The van der Waals surface area contributed by atoms with E-state index in [4.69, 9.17) is 0 Å². The lowest BCUT2D eigenvalue weighted by molar-refractivity contribution is -0.142. The molecule has 0 saturated heterocycles. The van der Waals surface area contributed by atoms with Crippen LogP contribution in [-0.2, 0) is 20.9 Å². The number of benzene rings is 2. The molecule has 2 aromatic rings. The van der Waals surface area contributed by atoms with Crippen molar-refractivity contribution in [2.24, 2.45) is 0 Å². The zero-order chi connectivity index (χ0) is 19.6. The van der Waals surface area contributed by atoms with Crippen LogP contribution in [0.1, 0.15) is 35.2 Å². The topological polar surface area (TPSA) is 63.7 Å². The molecular formula is C21H22FNO4. The number of hydrogen-bond acceptors (Lipinski definition) is 4. The van der Waals surface area contributed by atoms with Crippen molar-refractivity contribution in [2.75, 3.05) is 13.7 Å². The molecule has 0 N–H and O–H groups in total. The lowest BCUT2D eigenvalue weighted by Gasteiger charge is -2.22. The molecule has 0 fully saturated rings. The molecule has 0 aliphatic carbocycles. The van der Waals surface area contributed by atoms with Gasteiger partial charge in [-0.3, -0.25) is 14.4 Å². The van der Waals surface area contributed by atoms with Gasteiger partial charge in [-0.1, -0.05) is 42.5 Å². The zero-order valence-corrected chi connectivity index (χ0v) is 15.2. The number of rotatable bonds is 9. The molecule has 5 nitrogen and oxygen atoms in total. The van der Waals surface area contributed by atoms with Gasteiger partial charge in [0.25, 0.3) is 0 Å². The summed E-state index contributed by atoms with van der Waals surface area (Å²) in [5.41, 5.74) is 1.30. The fourth-order valence-corrected chi connectivity index (χ4v) is 2.58. The fraction of sp³-hybridized carbons (Fsp3) is 0.286. The Bertz CT molecular complexity index is 775. The van der Waals surface area contributed by atoms with E-state index in [1.165, 1.54) is 24.1 Å². The first kappa shape index (κ1) is 20.3. The zero-order valence-electron chi connectivity index (χ0n) is 15.2. The van der Waals surface area contributed by atoms with Gasteiger partial charge in [-0.05, 0) is 17.7 Å². The van der Waals surface area contributed by atoms with Gasteiger partial charge in [0.1, 0.15) is 5.82 Å². The highest BCUT2D eigenvalue weighted by atomic mass is 19.1. The van der Waals surface area contributed by atoms with Crippen LogP contribution >= 0.6 is 0 Å². The van der Waals surface area contributed by atoms with Crippen molar-refractivity contribution in [3.05, 3.63) is 71.5 Å². The van der Waals surface area contributed by atoms with Crippen molar-refractivity contribution >= 4 is 17.7 Å². The van der Waals surface area contributed by atoms with Gasteiger partial charge < -0.3 is 9.64 Å². The Labute approximate surface area is 157 Å². The summed E-state index contributed by atoms with van der Waals surface area (Å²) < 4.78 is 17.7. The van der Waals surface area contributed by atoms with Gasteiger partial charge in [-0.2, -0.15) is 0 Å². The average molecular weight is 371 g/mol. The first-order valence-corrected chi connectivity index (χ1v) is 8.67. The third-order valence-corrected chi connectivity index (χ3v) is 4.11. The highest BCUT2D eigenvalue weighted by Gasteiger charge is 2.17. The molecule has 0 bridgehead atoms. The summed E-state index contributed by atoms with van der Waals surface area (Å²) in [5, 5.41) is 0. The van der Waals surface area contributed by atoms with Gasteiger partial charge in [-0.25, -0.2) is 4.39 Å². The summed E-state index contributed by atoms with van der Waals surface area (Å²) in [6.07, 6.45) is 0.174. The van der Waals surface area contributed by atoms with Gasteiger partial charge in [0.2, 0.25) is 5.91 Å². The third kappa shape index (κ3) is 6.66. The standard InChI is InChI=1S/C21H22FNO4/c1-27-21(26)13-14-23(15-16-7-9-18(22)10-8-16)20(25)12-11-19(24)17-5-3-2-4-6-17/h2-10H,11-15H2,1H3. The SMILES string of the molecule is COC(=O)CCN(Cc1ccc(F)cc1)C(=O)CCC(=O)c1ccccc1. The van der Waals surface area contributed by atoms with Crippen LogP contribution in [0.2, 0.25) is 0 Å². The maximum Gasteiger partial charge on any atom is 0.307 e. The van der Waals surface area contributed by atoms with Gasteiger partial charge in [-0.15, -0.1) is 0 Å². The largest absolute Gasteiger partial charge is 0.469 e. The van der Waals surface area contributed by atoms with E-state index in [0.29, 0.717) is 5.56 Å². The van der Waals surface area contributed by atoms with Crippen LogP contribution in [0.5, 0.6) is 0 Å². The molecule has 6 heteroatoms. The number of carbonyl (C=O) groups is 3. The lowest BCUT2D eigenvalue weighted by Crippen LogP contribution is -2.33. The maximum absolute atomic E-state index is 13.1. The maximum atomic E-state index is 13.1. The number of Topliss-reactive ketones (excluding diaryl/α,β-unsaturated/α-hetero) is 1. The summed E-state index contributed by atoms with van der Waals surface area (Å²) in [4.78, 5) is 37.7. The van der Waals surface area contributed by atoms with Crippen molar-refractivity contribution < 1.29 is 23.5 Å². The van der Waals surface area contributed by atoms with Gasteiger partial charge >= 0.3 is 5.97 Å². The van der Waals surface area contributed by atoms with Gasteiger partial charge in [0.05, 0.1) is 13.5 Å². The van der Waals surface area contributed by atoms with Crippen molar-refractivity contribution in [3.8, 4) is 0 Å². The second-order valence-corrected chi connectivity index (χ2v) is 6.06. The number of amides is 1. The van der Waals surface area contributed by atoms with Crippen molar-refractivity contribution in [2.45, 2.75) is 25.8 Å². The summed E-state index contributed by atoms with van der Waals surface area (Å²) in [6.45, 7) is 0.401. The van der Waals surface area contributed by atoms with E-state index in [1.807, 2.05) is 6.07 Å². The van der Waals surface area contributed by atoms with E-state index in [9.17, 15) is 18.8 Å². The molecule has 0 saturated carbocycles. The summed E-state index contributed by atoms with van der Waals surface area (Å²) in [6, 6.07) is 14.6. The number of ether oxygens (including phenoxy) is 1. The summed E-state index contributed by atoms with van der Waals surface area (Å²) in [7, 11) is 1.28. The molecule has 0 aliphatic rings. The van der Waals surface area contributed by atoms with E-state index in [1.54, 1.807) is 36.4 Å². The highest BCUT2D eigenvalue weighted by Crippen LogP contribution is 2.12. The second kappa shape index (κ2) is 10.2. The number of halogens is 1. The van der Waals surface area contributed by atoms with Crippen LogP contribution in [-0.4, -0.2) is 36.2 Å². The first-order chi connectivity index (χ1) is 13.0. The van der Waals surface area contributed by atoms with Crippen molar-refractivity contribution in [1.29, 1.82) is 0 Å². The Hall–Kier alpha value is -3.02. The minimum Gasteiger partial charge on any atom is -0.469 e. The molecular weight excluding hydrogens is 349 g/mol. The molecule has 2 rings (SSSR count). The van der Waals surface area contributed by atoms with E-state index >= 15 is 0 Å². The molecule has 0 heterocycles. The molecule has 1 amide bonds. The number of esters is 1. The molecule has 0 spiro atoms. The molecule has 0 aliphatic heterocycles. The van der Waals surface area contributed by atoms with Crippen molar-refractivity contribution in [1.82, 2.24) is 4.90 Å². The van der Waals surface area contributed by atoms with Crippen LogP contribution in [0.15, 0.2) is 54.6 Å². The monoisotopic (exact) mass is 371 g/mol. The number of nitrogens with zero attached hydrogens (tertiary/aromatic N) is 1. The van der Waals surface area contributed by atoms with E-state index < -0.39 is 5.97 Å². The Kier molecular flexibility index (Phi) is 7.67. The number of carbonyl (C=O) groups excluding carboxylic acids is 3. The smallest absolute Gasteiger partial charge is 0.307 e. The Morgan fingerprint density at radius 2 is 1.59 bits per heavy atom. The second-order valence-electron chi connectivity index (χ2n) is 6.06. The van der Waals surface area contributed by atoms with E-state index in [2.05, 4.69) is 4.74 Å². The predicted octanol–water partition coefficient (Wildman–Crippen LogP) is 3.38. The molecule has 0 atom stereocenters. The fourth-order valence-electron chi connectivity index (χ4n) is 2.58. The van der Waals surface area contributed by atoms with Crippen LogP contribution in [0.3, 0.4) is 0 Å². The number of methoxy groups -OCH3 is 1. The molecule has 0 unspecified atom stereocenters. The molecule has 2 aromatic carbocycles. The predicted molar refractivity (Wildman–Crippen MR) is 98.5 cm³/mol. The van der Waals surface area contributed by atoms with E-state index in [0.717, 1.165) is 5.56 Å². The van der Waals surface area contributed by atoms with Gasteiger partial charge in [0, 0.05) is 31.5 Å². The van der Waals surface area contributed by atoms with E-state index in [-0.39, 0.29) is 49.9 Å². The first-order valence-electron chi connectivity index (χ1n) is 8.67. The molecule has 27 heavy (non-hydrogen) atoms. The minimum atomic E-state index is -0.424. The number of hydrogen-bond donors (Lipinski definition) is 0. The molecule has 0 radical (unpaired) electrons. The third-order valence-electron chi connectivity index (χ3n) is 4.11.